The lowest BCUT2D eigenvalue weighted by Crippen LogP contribution is -1.98. The lowest BCUT2D eigenvalue weighted by Gasteiger charge is -2.13. The average molecular weight is 438 g/mol. The van der Waals surface area contributed by atoms with Crippen LogP contribution in [0.3, 0.4) is 0 Å². The number of phenols is 1. The molecule has 0 aliphatic heterocycles. The van der Waals surface area contributed by atoms with E-state index in [4.69, 9.17) is 26.1 Å². The number of rotatable bonds is 6. The molecule has 2 heterocycles. The van der Waals surface area contributed by atoms with Gasteiger partial charge in [0.05, 0.1) is 19.2 Å². The number of fused-ring (bicyclic) bond motifs is 1. The molecule has 0 unspecified atom stereocenters. The molecule has 0 fully saturated rings. The van der Waals surface area contributed by atoms with Crippen molar-refractivity contribution >= 4 is 28.8 Å². The van der Waals surface area contributed by atoms with Crippen LogP contribution in [-0.4, -0.2) is 28.7 Å². The zero-order valence-electron chi connectivity index (χ0n) is 17.8. The van der Waals surface area contributed by atoms with Crippen LogP contribution in [-0.2, 0) is 0 Å². The molecule has 0 amide bonds. The Labute approximate surface area is 186 Å². The van der Waals surface area contributed by atoms with Crippen LogP contribution in [0, 0.1) is 0 Å². The summed E-state index contributed by atoms with van der Waals surface area (Å²) in [7, 11) is 2.99. The highest BCUT2D eigenvalue weighted by Crippen LogP contribution is 2.42. The fourth-order valence-corrected chi connectivity index (χ4v) is 3.62. The van der Waals surface area contributed by atoms with E-state index in [9.17, 15) is 5.11 Å². The number of nitrogens with zero attached hydrogens (tertiary/aromatic N) is 2. The van der Waals surface area contributed by atoms with Crippen molar-refractivity contribution in [2.45, 2.75) is 19.8 Å². The van der Waals surface area contributed by atoms with Gasteiger partial charge < -0.3 is 19.9 Å². The van der Waals surface area contributed by atoms with Crippen molar-refractivity contribution in [3.8, 4) is 28.5 Å². The number of imidazole rings is 1. The van der Waals surface area contributed by atoms with E-state index in [1.807, 2.05) is 28.8 Å². The molecule has 4 aromatic rings. The molecule has 7 heteroatoms. The molecule has 0 bridgehead atoms. The van der Waals surface area contributed by atoms with Crippen LogP contribution in [0.25, 0.3) is 16.9 Å². The number of methoxy groups -OCH3 is 2. The first-order chi connectivity index (χ1) is 14.9. The van der Waals surface area contributed by atoms with E-state index in [2.05, 4.69) is 31.3 Å². The second kappa shape index (κ2) is 8.40. The van der Waals surface area contributed by atoms with Crippen LogP contribution in [0.5, 0.6) is 17.2 Å². The SMILES string of the molecule is COc1cc(-c2nc3ccc(Cl)cn3c2Nc2ccc(C(C)C)cc2)cc(OC)c1O. The van der Waals surface area contributed by atoms with Crippen LogP contribution in [0.2, 0.25) is 5.02 Å². The van der Waals surface area contributed by atoms with Gasteiger partial charge in [0.15, 0.2) is 11.5 Å². The molecule has 2 aromatic carbocycles. The molecule has 0 radical (unpaired) electrons. The third-order valence-electron chi connectivity index (χ3n) is 5.18. The van der Waals surface area contributed by atoms with Crippen molar-refractivity contribution in [2.75, 3.05) is 19.5 Å². The van der Waals surface area contributed by atoms with E-state index in [0.29, 0.717) is 28.1 Å². The highest BCUT2D eigenvalue weighted by atomic mass is 35.5. The Balaban J connectivity index is 1.88. The molecule has 0 saturated carbocycles. The van der Waals surface area contributed by atoms with E-state index < -0.39 is 0 Å². The van der Waals surface area contributed by atoms with Gasteiger partial charge in [-0.25, -0.2) is 4.98 Å². The number of hydrogen-bond acceptors (Lipinski definition) is 5. The Morgan fingerprint density at radius 3 is 2.23 bits per heavy atom. The maximum absolute atomic E-state index is 10.3. The van der Waals surface area contributed by atoms with Gasteiger partial charge >= 0.3 is 0 Å². The molecular weight excluding hydrogens is 414 g/mol. The van der Waals surface area contributed by atoms with Crippen LogP contribution in [0.4, 0.5) is 11.5 Å². The van der Waals surface area contributed by atoms with Crippen LogP contribution < -0.4 is 14.8 Å². The van der Waals surface area contributed by atoms with Crippen LogP contribution in [0.1, 0.15) is 25.3 Å². The molecular formula is C24H24ClN3O3. The number of benzene rings is 2. The maximum Gasteiger partial charge on any atom is 0.200 e. The van der Waals surface area contributed by atoms with Gasteiger partial charge in [0.1, 0.15) is 17.2 Å². The number of phenolic OH excluding ortho intramolecular Hbond substituents is 1. The number of pyridine rings is 1. The zero-order chi connectivity index (χ0) is 22.1. The zero-order valence-corrected chi connectivity index (χ0v) is 18.6. The van der Waals surface area contributed by atoms with Gasteiger partial charge in [-0.05, 0) is 47.9 Å². The highest BCUT2D eigenvalue weighted by molar-refractivity contribution is 6.30. The predicted octanol–water partition coefficient (Wildman–Crippen LogP) is 6.24. The standard InChI is InChI=1S/C24H24ClN3O3/c1-14(2)15-5-8-18(9-6-15)26-24-22(27-21-10-7-17(25)13-28(21)24)16-11-19(30-3)23(29)20(12-16)31-4/h5-14,26,29H,1-4H3. The van der Waals surface area contributed by atoms with Gasteiger partial charge in [0, 0.05) is 17.4 Å². The number of halogens is 1. The van der Waals surface area contributed by atoms with Gasteiger partial charge in [0.25, 0.3) is 0 Å². The monoisotopic (exact) mass is 437 g/mol. The van der Waals surface area contributed by atoms with E-state index in [1.54, 1.807) is 18.2 Å². The first kappa shape index (κ1) is 20.9. The van der Waals surface area contributed by atoms with Gasteiger partial charge in [-0.1, -0.05) is 37.6 Å². The van der Waals surface area contributed by atoms with Gasteiger partial charge in [0.2, 0.25) is 5.75 Å². The summed E-state index contributed by atoms with van der Waals surface area (Å²) in [5.41, 5.74) is 4.32. The minimum absolute atomic E-state index is 0.0562. The molecule has 0 aliphatic carbocycles. The van der Waals surface area contributed by atoms with Crippen molar-refractivity contribution < 1.29 is 14.6 Å². The number of aromatic hydroxyl groups is 1. The predicted molar refractivity (Wildman–Crippen MR) is 124 cm³/mol. The Bertz CT molecular complexity index is 1210. The quantitative estimate of drug-likeness (QED) is 0.373. The third kappa shape index (κ3) is 3.99. The van der Waals surface area contributed by atoms with Crippen molar-refractivity contribution in [2.24, 2.45) is 0 Å². The van der Waals surface area contributed by atoms with E-state index in [0.717, 1.165) is 22.7 Å². The number of nitrogens with one attached hydrogen (secondary N) is 1. The minimum atomic E-state index is -0.0562. The fourth-order valence-electron chi connectivity index (χ4n) is 3.46. The summed E-state index contributed by atoms with van der Waals surface area (Å²) in [6.07, 6.45) is 1.81. The molecule has 0 saturated heterocycles. The summed E-state index contributed by atoms with van der Waals surface area (Å²) < 4.78 is 12.6. The topological polar surface area (TPSA) is 68.0 Å². The largest absolute Gasteiger partial charge is 0.502 e. The summed E-state index contributed by atoms with van der Waals surface area (Å²) in [6.45, 7) is 4.33. The molecule has 2 N–H and O–H groups in total. The highest BCUT2D eigenvalue weighted by Gasteiger charge is 2.19. The Morgan fingerprint density at radius 1 is 1.00 bits per heavy atom. The van der Waals surface area contributed by atoms with E-state index in [1.165, 1.54) is 19.8 Å². The molecule has 0 spiro atoms. The minimum Gasteiger partial charge on any atom is -0.502 e. The maximum atomic E-state index is 10.3. The molecule has 160 valence electrons. The molecule has 0 aliphatic rings. The summed E-state index contributed by atoms with van der Waals surface area (Å²) in [5, 5.41) is 14.4. The molecule has 0 atom stereocenters. The van der Waals surface area contributed by atoms with E-state index in [-0.39, 0.29) is 5.75 Å². The van der Waals surface area contributed by atoms with Gasteiger partial charge in [-0.15, -0.1) is 0 Å². The lowest BCUT2D eigenvalue weighted by molar-refractivity contribution is 0.340. The molecule has 31 heavy (non-hydrogen) atoms. The second-order valence-corrected chi connectivity index (χ2v) is 7.95. The Hall–Kier alpha value is -3.38. The number of anilines is 2. The van der Waals surface area contributed by atoms with E-state index >= 15 is 0 Å². The number of ether oxygens (including phenoxy) is 2. The van der Waals surface area contributed by atoms with Crippen molar-refractivity contribution in [1.29, 1.82) is 0 Å². The normalized spacial score (nSPS) is 11.2. The summed E-state index contributed by atoms with van der Waals surface area (Å²) in [6, 6.07) is 15.4. The van der Waals surface area contributed by atoms with Gasteiger partial charge in [-0.2, -0.15) is 0 Å². The lowest BCUT2D eigenvalue weighted by atomic mass is 10.0. The van der Waals surface area contributed by atoms with Crippen molar-refractivity contribution in [3.63, 3.8) is 0 Å². The van der Waals surface area contributed by atoms with Crippen molar-refractivity contribution in [1.82, 2.24) is 9.38 Å². The average Bonchev–Trinajstić information content (AvgIpc) is 3.11. The molecule has 6 nitrogen and oxygen atoms in total. The summed E-state index contributed by atoms with van der Waals surface area (Å²) >= 11 is 6.27. The number of hydrogen-bond donors (Lipinski definition) is 2. The Morgan fingerprint density at radius 2 is 1.65 bits per heavy atom. The molecule has 2 aromatic heterocycles. The first-order valence-electron chi connectivity index (χ1n) is 9.91. The first-order valence-corrected chi connectivity index (χ1v) is 10.3. The summed E-state index contributed by atoms with van der Waals surface area (Å²) in [5.74, 6) is 1.74. The summed E-state index contributed by atoms with van der Waals surface area (Å²) in [4.78, 5) is 4.80. The third-order valence-corrected chi connectivity index (χ3v) is 5.40. The molecule has 4 rings (SSSR count). The van der Waals surface area contributed by atoms with Crippen LogP contribution in [0.15, 0.2) is 54.7 Å². The Kier molecular flexibility index (Phi) is 5.65. The van der Waals surface area contributed by atoms with Gasteiger partial charge in [-0.3, -0.25) is 4.40 Å². The van der Waals surface area contributed by atoms with Crippen molar-refractivity contribution in [3.05, 3.63) is 65.3 Å². The second-order valence-electron chi connectivity index (χ2n) is 7.52. The smallest absolute Gasteiger partial charge is 0.200 e. The number of aromatic nitrogens is 2. The fraction of sp³-hybridized carbons (Fsp3) is 0.208. The van der Waals surface area contributed by atoms with Crippen LogP contribution >= 0.6 is 11.6 Å².